The first-order valence-corrected chi connectivity index (χ1v) is 8.37. The van der Waals surface area contributed by atoms with Crippen molar-refractivity contribution in [2.75, 3.05) is 18.0 Å². The highest BCUT2D eigenvalue weighted by molar-refractivity contribution is 5.91. The molecule has 2 amide bonds. The van der Waals surface area contributed by atoms with Gasteiger partial charge in [0.15, 0.2) is 0 Å². The summed E-state index contributed by atoms with van der Waals surface area (Å²) in [5.41, 5.74) is 1.44. The molecule has 1 aromatic carbocycles. The number of fused-ring (bicyclic) bond motifs is 1. The highest BCUT2D eigenvalue weighted by atomic mass is 16.6. The number of para-hydroxylation sites is 1. The molecule has 0 bridgehead atoms. The third kappa shape index (κ3) is 3.47. The lowest BCUT2D eigenvalue weighted by molar-refractivity contribution is 0.0204. The largest absolute Gasteiger partial charge is 0.444 e. The molecule has 2 heterocycles. The van der Waals surface area contributed by atoms with Gasteiger partial charge in [0, 0.05) is 24.7 Å². The van der Waals surface area contributed by atoms with Crippen molar-refractivity contribution in [3.8, 4) is 0 Å². The molecule has 1 fully saturated rings. The smallest absolute Gasteiger partial charge is 0.414 e. The van der Waals surface area contributed by atoms with Crippen molar-refractivity contribution in [2.45, 2.75) is 51.9 Å². The van der Waals surface area contributed by atoms with Crippen molar-refractivity contribution in [1.29, 1.82) is 0 Å². The van der Waals surface area contributed by atoms with E-state index in [1.807, 2.05) is 45.0 Å². The molecule has 0 spiro atoms. The van der Waals surface area contributed by atoms with Crippen LogP contribution in [0.3, 0.4) is 0 Å². The normalized spacial score (nSPS) is 18.9. The molecule has 3 rings (SSSR count). The second kappa shape index (κ2) is 6.34. The zero-order valence-corrected chi connectivity index (χ0v) is 14.4. The van der Waals surface area contributed by atoms with Crippen LogP contribution in [0.2, 0.25) is 0 Å². The summed E-state index contributed by atoms with van der Waals surface area (Å²) in [5.74, 6) is 0. The molecule has 6 heteroatoms. The van der Waals surface area contributed by atoms with Crippen LogP contribution in [0.5, 0.6) is 0 Å². The Morgan fingerprint density at radius 2 is 1.88 bits per heavy atom. The minimum absolute atomic E-state index is 0.0395. The molecule has 6 nitrogen and oxygen atoms in total. The van der Waals surface area contributed by atoms with Crippen LogP contribution >= 0.6 is 0 Å². The maximum Gasteiger partial charge on any atom is 0.414 e. The van der Waals surface area contributed by atoms with Crippen LogP contribution < -0.4 is 4.90 Å². The number of amides is 2. The van der Waals surface area contributed by atoms with Crippen LogP contribution in [0.1, 0.15) is 39.2 Å². The third-order valence-electron chi connectivity index (χ3n) is 4.28. The van der Waals surface area contributed by atoms with Gasteiger partial charge in [-0.3, -0.25) is 4.90 Å². The lowest BCUT2D eigenvalue weighted by atomic mass is 10.0. The van der Waals surface area contributed by atoms with Gasteiger partial charge in [-0.2, -0.15) is 0 Å². The SMILES string of the molecule is CC(C)(C)OC(=O)N1CCC(N2C(=O)OCc3ccccc32)CC1. The summed E-state index contributed by atoms with van der Waals surface area (Å²) < 4.78 is 10.7. The van der Waals surface area contributed by atoms with Crippen molar-refractivity contribution in [3.63, 3.8) is 0 Å². The predicted octanol–water partition coefficient (Wildman–Crippen LogP) is 3.54. The number of carbonyl (C=O) groups is 2. The Morgan fingerprint density at radius 1 is 1.21 bits per heavy atom. The van der Waals surface area contributed by atoms with E-state index in [1.165, 1.54) is 0 Å². The quantitative estimate of drug-likeness (QED) is 0.789. The van der Waals surface area contributed by atoms with Gasteiger partial charge < -0.3 is 14.4 Å². The fourth-order valence-electron chi connectivity index (χ4n) is 3.15. The van der Waals surface area contributed by atoms with Crippen molar-refractivity contribution in [1.82, 2.24) is 4.90 Å². The Morgan fingerprint density at radius 3 is 2.54 bits per heavy atom. The first-order valence-electron chi connectivity index (χ1n) is 8.37. The molecule has 0 saturated carbocycles. The van der Waals surface area contributed by atoms with Gasteiger partial charge in [-0.1, -0.05) is 18.2 Å². The zero-order chi connectivity index (χ0) is 17.3. The number of nitrogens with zero attached hydrogens (tertiary/aromatic N) is 2. The highest BCUT2D eigenvalue weighted by Crippen LogP contribution is 2.31. The lowest BCUT2D eigenvalue weighted by Gasteiger charge is -2.40. The summed E-state index contributed by atoms with van der Waals surface area (Å²) in [6.07, 6.45) is 0.831. The van der Waals surface area contributed by atoms with Gasteiger partial charge in [-0.05, 0) is 39.7 Å². The van der Waals surface area contributed by atoms with Crippen LogP contribution in [0, 0.1) is 0 Å². The maximum atomic E-state index is 12.3. The van der Waals surface area contributed by atoms with Crippen molar-refractivity contribution in [3.05, 3.63) is 29.8 Å². The summed E-state index contributed by atoms with van der Waals surface area (Å²) in [6, 6.07) is 7.85. The number of cyclic esters (lactones) is 1. The Labute approximate surface area is 142 Å². The van der Waals surface area contributed by atoms with Crippen LogP contribution in [0.15, 0.2) is 24.3 Å². The van der Waals surface area contributed by atoms with Gasteiger partial charge in [-0.15, -0.1) is 0 Å². The van der Waals surface area contributed by atoms with Gasteiger partial charge in [0.2, 0.25) is 0 Å². The number of rotatable bonds is 1. The minimum atomic E-state index is -0.496. The highest BCUT2D eigenvalue weighted by Gasteiger charge is 2.35. The summed E-state index contributed by atoms with van der Waals surface area (Å²) in [6.45, 7) is 7.05. The van der Waals surface area contributed by atoms with E-state index in [2.05, 4.69) is 0 Å². The molecule has 24 heavy (non-hydrogen) atoms. The van der Waals surface area contributed by atoms with Crippen LogP contribution in [-0.2, 0) is 16.1 Å². The van der Waals surface area contributed by atoms with Gasteiger partial charge in [-0.25, -0.2) is 9.59 Å². The van der Waals surface area contributed by atoms with Gasteiger partial charge >= 0.3 is 12.2 Å². The third-order valence-corrected chi connectivity index (χ3v) is 4.28. The van der Waals surface area contributed by atoms with E-state index in [9.17, 15) is 9.59 Å². The average molecular weight is 332 g/mol. The first kappa shape index (κ1) is 16.6. The first-order chi connectivity index (χ1) is 11.3. The summed E-state index contributed by atoms with van der Waals surface area (Å²) >= 11 is 0. The molecular formula is C18H24N2O4. The number of carbonyl (C=O) groups excluding carboxylic acids is 2. The molecular weight excluding hydrogens is 308 g/mol. The number of anilines is 1. The van der Waals surface area contributed by atoms with Crippen molar-refractivity contribution >= 4 is 17.9 Å². The molecule has 0 atom stereocenters. The second-order valence-corrected chi connectivity index (χ2v) is 7.25. The van der Waals surface area contributed by atoms with E-state index in [4.69, 9.17) is 9.47 Å². The Kier molecular flexibility index (Phi) is 4.39. The average Bonchev–Trinajstić information content (AvgIpc) is 2.53. The summed E-state index contributed by atoms with van der Waals surface area (Å²) in [5, 5.41) is 0. The van der Waals surface area contributed by atoms with E-state index < -0.39 is 5.60 Å². The molecule has 0 radical (unpaired) electrons. The maximum absolute atomic E-state index is 12.3. The molecule has 1 aromatic rings. The van der Waals surface area contributed by atoms with E-state index >= 15 is 0 Å². The van der Waals surface area contributed by atoms with E-state index in [0.29, 0.717) is 32.5 Å². The molecule has 0 aromatic heterocycles. The molecule has 0 unspecified atom stereocenters. The minimum Gasteiger partial charge on any atom is -0.444 e. The molecule has 1 saturated heterocycles. The molecule has 2 aliphatic rings. The Balaban J connectivity index is 1.67. The fraction of sp³-hybridized carbons (Fsp3) is 0.556. The molecule has 130 valence electrons. The molecule has 0 aliphatic carbocycles. The van der Waals surface area contributed by atoms with Crippen molar-refractivity contribution < 1.29 is 19.1 Å². The zero-order valence-electron chi connectivity index (χ0n) is 14.4. The van der Waals surface area contributed by atoms with Gasteiger partial charge in [0.25, 0.3) is 0 Å². The van der Waals surface area contributed by atoms with Crippen LogP contribution in [0.25, 0.3) is 0 Å². The number of hydrogen-bond acceptors (Lipinski definition) is 4. The number of hydrogen-bond donors (Lipinski definition) is 0. The van der Waals surface area contributed by atoms with Crippen LogP contribution in [0.4, 0.5) is 15.3 Å². The standard InChI is InChI=1S/C18H24N2O4/c1-18(2,3)24-16(21)19-10-8-14(9-11-19)20-15-7-5-4-6-13(15)12-23-17(20)22/h4-7,14H,8-12H2,1-3H3. The monoisotopic (exact) mass is 332 g/mol. The number of benzene rings is 1. The Bertz CT molecular complexity index is 630. The molecule has 2 aliphatic heterocycles. The van der Waals surface area contributed by atoms with Gasteiger partial charge in [0.1, 0.15) is 12.2 Å². The topological polar surface area (TPSA) is 59.1 Å². The number of likely N-dealkylation sites (tertiary alicyclic amines) is 1. The Hall–Kier alpha value is -2.24. The predicted molar refractivity (Wildman–Crippen MR) is 89.9 cm³/mol. The second-order valence-electron chi connectivity index (χ2n) is 7.25. The van der Waals surface area contributed by atoms with Gasteiger partial charge in [0.05, 0.1) is 5.69 Å². The van der Waals surface area contributed by atoms with E-state index in [1.54, 1.807) is 9.80 Å². The summed E-state index contributed by atoms with van der Waals surface area (Å²) in [4.78, 5) is 27.9. The fourth-order valence-corrected chi connectivity index (χ4v) is 3.15. The molecule has 0 N–H and O–H groups in total. The number of ether oxygens (including phenoxy) is 2. The summed E-state index contributed by atoms with van der Waals surface area (Å²) in [7, 11) is 0. The lowest BCUT2D eigenvalue weighted by Crippen LogP contribution is -2.51. The number of piperidine rings is 1. The van der Waals surface area contributed by atoms with Crippen LogP contribution in [-0.4, -0.2) is 41.8 Å². The van der Waals surface area contributed by atoms with E-state index in [-0.39, 0.29) is 18.2 Å². The van der Waals surface area contributed by atoms with Crippen molar-refractivity contribution in [2.24, 2.45) is 0 Å². The van der Waals surface area contributed by atoms with E-state index in [0.717, 1.165) is 11.3 Å².